The van der Waals surface area contributed by atoms with Crippen LogP contribution in [0.2, 0.25) is 0 Å². The average Bonchev–Trinajstić information content (AvgIpc) is 2.90. The number of amides is 2. The monoisotopic (exact) mass is 328 g/mol. The minimum Gasteiger partial charge on any atom is -0.348 e. The smallest absolute Gasteiger partial charge is 0.315 e. The number of hydrogen-bond acceptors (Lipinski definition) is 3. The maximum atomic E-state index is 13.6. The number of halogens is 2. The molecule has 5 nitrogen and oxygen atoms in total. The summed E-state index contributed by atoms with van der Waals surface area (Å²) < 4.78 is 38.0. The molecule has 0 unspecified atom stereocenters. The molecular formula is C16H22F2N2O3. The third-order valence-electron chi connectivity index (χ3n) is 3.71. The molecule has 0 spiro atoms. The molecule has 0 saturated carbocycles. The lowest BCUT2D eigenvalue weighted by atomic mass is 10.1. The first-order valence-electron chi connectivity index (χ1n) is 7.65. The standard InChI is InChI=1S/C16H22F2N2O3/c1-11(10-12-13(17)4-3-5-14(12)18)20-15(21)19-7-6-16(2)22-8-9-23-16/h3-5,11H,6-10H2,1-2H3,(H2,19,20,21)/t11-/m1/s1. The van der Waals surface area contributed by atoms with Gasteiger partial charge in [0.2, 0.25) is 0 Å². The second-order valence-corrected chi connectivity index (χ2v) is 5.79. The lowest BCUT2D eigenvalue weighted by molar-refractivity contribution is -0.145. The number of carbonyl (C=O) groups is 1. The topological polar surface area (TPSA) is 59.6 Å². The fourth-order valence-electron chi connectivity index (χ4n) is 2.46. The molecule has 1 aliphatic heterocycles. The van der Waals surface area contributed by atoms with E-state index in [4.69, 9.17) is 9.47 Å². The molecule has 1 atom stereocenters. The average molecular weight is 328 g/mol. The normalized spacial score (nSPS) is 17.7. The predicted molar refractivity (Wildman–Crippen MR) is 81.0 cm³/mol. The van der Waals surface area contributed by atoms with E-state index in [-0.39, 0.29) is 12.0 Å². The molecule has 0 radical (unpaired) electrons. The van der Waals surface area contributed by atoms with Gasteiger partial charge >= 0.3 is 6.03 Å². The van der Waals surface area contributed by atoms with Gasteiger partial charge in [-0.2, -0.15) is 0 Å². The van der Waals surface area contributed by atoms with Crippen molar-refractivity contribution >= 4 is 6.03 Å². The van der Waals surface area contributed by atoms with Crippen LogP contribution in [-0.2, 0) is 15.9 Å². The molecular weight excluding hydrogens is 306 g/mol. The van der Waals surface area contributed by atoms with E-state index in [2.05, 4.69) is 10.6 Å². The van der Waals surface area contributed by atoms with E-state index in [0.717, 1.165) is 0 Å². The van der Waals surface area contributed by atoms with Gasteiger partial charge in [-0.05, 0) is 32.4 Å². The van der Waals surface area contributed by atoms with Crippen molar-refractivity contribution in [2.45, 2.75) is 38.5 Å². The molecule has 23 heavy (non-hydrogen) atoms. The number of hydrogen-bond donors (Lipinski definition) is 2. The van der Waals surface area contributed by atoms with Crippen molar-refractivity contribution in [3.8, 4) is 0 Å². The molecule has 1 heterocycles. The highest BCUT2D eigenvalue weighted by atomic mass is 19.1. The molecule has 2 rings (SSSR count). The Hall–Kier alpha value is -1.73. The summed E-state index contributed by atoms with van der Waals surface area (Å²) in [5.74, 6) is -1.88. The first kappa shape index (κ1) is 17.6. The van der Waals surface area contributed by atoms with Crippen molar-refractivity contribution in [2.24, 2.45) is 0 Å². The van der Waals surface area contributed by atoms with Crippen LogP contribution in [0.15, 0.2) is 18.2 Å². The number of rotatable bonds is 6. The summed E-state index contributed by atoms with van der Waals surface area (Å²) >= 11 is 0. The lowest BCUT2D eigenvalue weighted by Gasteiger charge is -2.22. The van der Waals surface area contributed by atoms with Gasteiger partial charge in [0.25, 0.3) is 0 Å². The minimum absolute atomic E-state index is 0.0273. The molecule has 0 aromatic heterocycles. The van der Waals surface area contributed by atoms with Crippen molar-refractivity contribution < 1.29 is 23.0 Å². The number of benzene rings is 1. The van der Waals surface area contributed by atoms with Gasteiger partial charge in [-0.1, -0.05) is 6.07 Å². The summed E-state index contributed by atoms with van der Waals surface area (Å²) in [7, 11) is 0. The van der Waals surface area contributed by atoms with Crippen molar-refractivity contribution in [2.75, 3.05) is 19.8 Å². The molecule has 2 N–H and O–H groups in total. The van der Waals surface area contributed by atoms with Crippen LogP contribution in [0.4, 0.5) is 13.6 Å². The highest BCUT2D eigenvalue weighted by Gasteiger charge is 2.30. The molecule has 0 bridgehead atoms. The summed E-state index contributed by atoms with van der Waals surface area (Å²) in [6.07, 6.45) is 0.604. The van der Waals surface area contributed by atoms with Gasteiger partial charge in [-0.25, -0.2) is 13.6 Å². The summed E-state index contributed by atoms with van der Waals surface area (Å²) in [5, 5.41) is 5.34. The Bertz CT molecular complexity index is 528. The maximum absolute atomic E-state index is 13.6. The van der Waals surface area contributed by atoms with E-state index in [0.29, 0.717) is 26.2 Å². The number of urea groups is 1. The fraction of sp³-hybridized carbons (Fsp3) is 0.562. The molecule has 1 aromatic rings. The minimum atomic E-state index is -0.658. The summed E-state index contributed by atoms with van der Waals surface area (Å²) in [4.78, 5) is 11.8. The zero-order valence-corrected chi connectivity index (χ0v) is 13.3. The van der Waals surface area contributed by atoms with E-state index in [9.17, 15) is 13.6 Å². The van der Waals surface area contributed by atoms with Crippen LogP contribution < -0.4 is 10.6 Å². The van der Waals surface area contributed by atoms with E-state index in [1.165, 1.54) is 18.2 Å². The van der Waals surface area contributed by atoms with Crippen LogP contribution in [0, 0.1) is 11.6 Å². The number of ether oxygens (including phenoxy) is 2. The van der Waals surface area contributed by atoms with Crippen molar-refractivity contribution in [3.63, 3.8) is 0 Å². The molecule has 1 aliphatic rings. The SMILES string of the molecule is C[C@H](Cc1c(F)cccc1F)NC(=O)NCCC1(C)OCCO1. The fourth-order valence-corrected chi connectivity index (χ4v) is 2.46. The molecule has 128 valence electrons. The predicted octanol–water partition coefficient (Wildman–Crippen LogP) is 2.35. The second kappa shape index (κ2) is 7.70. The molecule has 2 amide bonds. The first-order chi connectivity index (χ1) is 10.9. The van der Waals surface area contributed by atoms with Gasteiger partial charge in [0.05, 0.1) is 13.2 Å². The quantitative estimate of drug-likeness (QED) is 0.843. The van der Waals surface area contributed by atoms with Crippen LogP contribution in [0.1, 0.15) is 25.8 Å². The van der Waals surface area contributed by atoms with Gasteiger partial charge in [0.15, 0.2) is 5.79 Å². The Morgan fingerprint density at radius 2 is 1.91 bits per heavy atom. The largest absolute Gasteiger partial charge is 0.348 e. The number of carbonyl (C=O) groups excluding carboxylic acids is 1. The van der Waals surface area contributed by atoms with Crippen molar-refractivity contribution in [3.05, 3.63) is 35.4 Å². The summed E-state index contributed by atoms with van der Waals surface area (Å²) in [6.45, 7) is 4.99. The number of nitrogens with one attached hydrogen (secondary N) is 2. The van der Waals surface area contributed by atoms with Crippen LogP contribution in [0.25, 0.3) is 0 Å². The highest BCUT2D eigenvalue weighted by molar-refractivity contribution is 5.74. The third-order valence-corrected chi connectivity index (χ3v) is 3.71. The Morgan fingerprint density at radius 1 is 1.30 bits per heavy atom. The van der Waals surface area contributed by atoms with Gasteiger partial charge < -0.3 is 20.1 Å². The van der Waals surface area contributed by atoms with Crippen molar-refractivity contribution in [1.82, 2.24) is 10.6 Å². The van der Waals surface area contributed by atoms with Crippen LogP contribution in [0.5, 0.6) is 0 Å². The lowest BCUT2D eigenvalue weighted by Crippen LogP contribution is -2.43. The van der Waals surface area contributed by atoms with E-state index >= 15 is 0 Å². The zero-order valence-electron chi connectivity index (χ0n) is 13.3. The van der Waals surface area contributed by atoms with Gasteiger partial charge in [-0.15, -0.1) is 0 Å². The molecule has 1 aromatic carbocycles. The summed E-state index contributed by atoms with van der Waals surface area (Å²) in [6, 6.07) is 2.92. The Balaban J connectivity index is 1.74. The zero-order chi connectivity index (χ0) is 16.9. The highest BCUT2D eigenvalue weighted by Crippen LogP contribution is 2.21. The van der Waals surface area contributed by atoms with Crippen molar-refractivity contribution in [1.29, 1.82) is 0 Å². The Morgan fingerprint density at radius 3 is 2.52 bits per heavy atom. The van der Waals surface area contributed by atoms with Gasteiger partial charge in [0, 0.05) is 24.6 Å². The summed E-state index contributed by atoms with van der Waals surface area (Å²) in [5.41, 5.74) is -0.0273. The Labute approximate surface area is 134 Å². The molecule has 0 aliphatic carbocycles. The van der Waals surface area contributed by atoms with Crippen LogP contribution in [-0.4, -0.2) is 37.6 Å². The van der Waals surface area contributed by atoms with Gasteiger partial charge in [0.1, 0.15) is 11.6 Å². The molecule has 1 saturated heterocycles. The maximum Gasteiger partial charge on any atom is 0.315 e. The molecule has 1 fully saturated rings. The van der Waals surface area contributed by atoms with E-state index < -0.39 is 29.5 Å². The second-order valence-electron chi connectivity index (χ2n) is 5.79. The third kappa shape index (κ3) is 5.14. The Kier molecular flexibility index (Phi) is 5.90. The van der Waals surface area contributed by atoms with E-state index in [1.54, 1.807) is 6.92 Å². The van der Waals surface area contributed by atoms with Gasteiger partial charge in [-0.3, -0.25) is 0 Å². The molecule has 7 heteroatoms. The van der Waals surface area contributed by atoms with E-state index in [1.807, 2.05) is 6.92 Å². The van der Waals surface area contributed by atoms with Crippen LogP contribution in [0.3, 0.4) is 0 Å². The van der Waals surface area contributed by atoms with Crippen LogP contribution >= 0.6 is 0 Å². The first-order valence-corrected chi connectivity index (χ1v) is 7.65.